The molecule has 0 saturated heterocycles. The van der Waals surface area contributed by atoms with Gasteiger partial charge in [-0.3, -0.25) is 0 Å². The molecular formula is C18H25N5O2S. The summed E-state index contributed by atoms with van der Waals surface area (Å²) in [6, 6.07) is 9.01. The maximum Gasteiger partial charge on any atom is 0.238 e. The zero-order chi connectivity index (χ0) is 18.6. The van der Waals surface area contributed by atoms with Gasteiger partial charge in [0.05, 0.1) is 4.90 Å². The quantitative estimate of drug-likeness (QED) is 0.686. The molecule has 140 valence electrons. The normalized spacial score (nSPS) is 15.2. The van der Waals surface area contributed by atoms with Gasteiger partial charge >= 0.3 is 0 Å². The van der Waals surface area contributed by atoms with Crippen LogP contribution in [0.4, 0.5) is 11.8 Å². The Bertz CT molecular complexity index is 846. The van der Waals surface area contributed by atoms with Crippen LogP contribution in [0.3, 0.4) is 0 Å². The number of primary sulfonamides is 1. The summed E-state index contributed by atoms with van der Waals surface area (Å²) < 4.78 is 22.6. The molecule has 0 spiro atoms. The van der Waals surface area contributed by atoms with Crippen molar-refractivity contribution >= 4 is 21.8 Å². The predicted molar refractivity (Wildman–Crippen MR) is 103 cm³/mol. The predicted octanol–water partition coefficient (Wildman–Crippen LogP) is 2.44. The molecule has 0 radical (unpaired) electrons. The van der Waals surface area contributed by atoms with E-state index >= 15 is 0 Å². The number of rotatable bonds is 7. The van der Waals surface area contributed by atoms with Crippen molar-refractivity contribution in [3.8, 4) is 0 Å². The number of hydrogen-bond donors (Lipinski definition) is 3. The van der Waals surface area contributed by atoms with Crippen LogP contribution in [0.1, 0.15) is 36.9 Å². The molecule has 1 saturated carbocycles. The van der Waals surface area contributed by atoms with Gasteiger partial charge in [-0.15, -0.1) is 0 Å². The molecule has 0 aliphatic heterocycles. The van der Waals surface area contributed by atoms with Crippen LogP contribution in [0.15, 0.2) is 35.2 Å². The maximum absolute atomic E-state index is 11.3. The van der Waals surface area contributed by atoms with E-state index in [0.29, 0.717) is 18.5 Å². The summed E-state index contributed by atoms with van der Waals surface area (Å²) in [5.41, 5.74) is 1.94. The molecule has 4 N–H and O–H groups in total. The Morgan fingerprint density at radius 3 is 2.50 bits per heavy atom. The summed E-state index contributed by atoms with van der Waals surface area (Å²) in [5, 5.41) is 11.8. The third-order valence-corrected chi connectivity index (χ3v) is 5.44. The van der Waals surface area contributed by atoms with Gasteiger partial charge in [-0.2, -0.15) is 4.98 Å². The second-order valence-electron chi connectivity index (χ2n) is 6.71. The third kappa shape index (κ3) is 5.15. The van der Waals surface area contributed by atoms with Crippen LogP contribution in [0.2, 0.25) is 0 Å². The number of anilines is 2. The van der Waals surface area contributed by atoms with Crippen molar-refractivity contribution in [1.82, 2.24) is 9.97 Å². The summed E-state index contributed by atoms with van der Waals surface area (Å²) >= 11 is 0. The van der Waals surface area contributed by atoms with Gasteiger partial charge in [0.1, 0.15) is 5.82 Å². The highest BCUT2D eigenvalue weighted by Crippen LogP contribution is 2.21. The molecule has 1 heterocycles. The fourth-order valence-electron chi connectivity index (χ4n) is 3.16. The number of hydrogen-bond acceptors (Lipinski definition) is 6. The first-order valence-electron chi connectivity index (χ1n) is 8.88. The number of nitrogens with zero attached hydrogens (tertiary/aromatic N) is 2. The maximum atomic E-state index is 11.3. The number of benzene rings is 1. The Labute approximate surface area is 154 Å². The van der Waals surface area contributed by atoms with E-state index in [1.165, 1.54) is 37.8 Å². The van der Waals surface area contributed by atoms with Crippen molar-refractivity contribution in [3.05, 3.63) is 41.6 Å². The molecule has 1 aromatic carbocycles. The number of nitrogens with two attached hydrogens (primary N) is 1. The number of nitrogens with one attached hydrogen (secondary N) is 2. The summed E-state index contributed by atoms with van der Waals surface area (Å²) in [7, 11) is -3.64. The summed E-state index contributed by atoms with van der Waals surface area (Å²) in [6.07, 6.45) is 5.63. The van der Waals surface area contributed by atoms with Gasteiger partial charge in [-0.05, 0) is 43.9 Å². The van der Waals surface area contributed by atoms with E-state index in [4.69, 9.17) is 5.14 Å². The molecule has 0 bridgehead atoms. The van der Waals surface area contributed by atoms with E-state index in [1.54, 1.807) is 12.1 Å². The Hall–Kier alpha value is -2.19. The smallest absolute Gasteiger partial charge is 0.238 e. The lowest BCUT2D eigenvalue weighted by atomic mass is 10.1. The van der Waals surface area contributed by atoms with Gasteiger partial charge in [-0.1, -0.05) is 25.0 Å². The highest BCUT2D eigenvalue weighted by molar-refractivity contribution is 7.89. The van der Waals surface area contributed by atoms with Gasteiger partial charge in [0, 0.05) is 24.3 Å². The molecule has 0 amide bonds. The Morgan fingerprint density at radius 2 is 1.85 bits per heavy atom. The Balaban J connectivity index is 1.56. The van der Waals surface area contributed by atoms with E-state index in [0.717, 1.165) is 23.5 Å². The van der Waals surface area contributed by atoms with Crippen molar-refractivity contribution in [1.29, 1.82) is 0 Å². The lowest BCUT2D eigenvalue weighted by Gasteiger charge is -2.14. The molecule has 1 fully saturated rings. The van der Waals surface area contributed by atoms with Gasteiger partial charge in [0.25, 0.3) is 0 Å². The van der Waals surface area contributed by atoms with Crippen molar-refractivity contribution in [3.63, 3.8) is 0 Å². The van der Waals surface area contributed by atoms with Crippen LogP contribution in [0, 0.1) is 6.92 Å². The van der Waals surface area contributed by atoms with Crippen LogP contribution >= 0.6 is 0 Å². The molecule has 26 heavy (non-hydrogen) atoms. The zero-order valence-electron chi connectivity index (χ0n) is 14.9. The zero-order valence-corrected chi connectivity index (χ0v) is 15.7. The Kier molecular flexibility index (Phi) is 5.73. The minimum atomic E-state index is -3.64. The fraction of sp³-hybridized carbons (Fsp3) is 0.444. The van der Waals surface area contributed by atoms with Crippen molar-refractivity contribution in [2.45, 2.75) is 50.0 Å². The second kappa shape index (κ2) is 8.01. The number of sulfonamides is 1. The van der Waals surface area contributed by atoms with Gasteiger partial charge < -0.3 is 10.6 Å². The highest BCUT2D eigenvalue weighted by atomic mass is 32.2. The SMILES string of the molecule is Cc1cc(NCCc2ccc(S(N)(=O)=O)cc2)nc(NC2CCCC2)n1. The summed E-state index contributed by atoms with van der Waals surface area (Å²) in [6.45, 7) is 2.65. The van der Waals surface area contributed by atoms with E-state index < -0.39 is 10.0 Å². The largest absolute Gasteiger partial charge is 0.370 e. The van der Waals surface area contributed by atoms with Crippen LogP contribution in [-0.2, 0) is 16.4 Å². The van der Waals surface area contributed by atoms with Crippen molar-refractivity contribution in [2.75, 3.05) is 17.2 Å². The molecule has 0 unspecified atom stereocenters. The molecular weight excluding hydrogens is 350 g/mol. The van der Waals surface area contributed by atoms with E-state index in [2.05, 4.69) is 20.6 Å². The lowest BCUT2D eigenvalue weighted by molar-refractivity contribution is 0.598. The highest BCUT2D eigenvalue weighted by Gasteiger charge is 2.16. The summed E-state index contributed by atoms with van der Waals surface area (Å²) in [5.74, 6) is 1.47. The molecule has 3 rings (SSSR count). The van der Waals surface area contributed by atoms with Crippen LogP contribution in [0.5, 0.6) is 0 Å². The molecule has 1 aromatic heterocycles. The molecule has 0 atom stereocenters. The van der Waals surface area contributed by atoms with Gasteiger partial charge in [0.15, 0.2) is 0 Å². The van der Waals surface area contributed by atoms with E-state index in [-0.39, 0.29) is 4.90 Å². The molecule has 2 aromatic rings. The number of aromatic nitrogens is 2. The van der Waals surface area contributed by atoms with Crippen LogP contribution < -0.4 is 15.8 Å². The number of aryl methyl sites for hydroxylation is 1. The minimum Gasteiger partial charge on any atom is -0.370 e. The first-order valence-corrected chi connectivity index (χ1v) is 10.4. The van der Waals surface area contributed by atoms with Gasteiger partial charge in [0.2, 0.25) is 16.0 Å². The molecule has 8 heteroatoms. The summed E-state index contributed by atoms with van der Waals surface area (Å²) in [4.78, 5) is 9.14. The lowest BCUT2D eigenvalue weighted by Crippen LogP contribution is -2.18. The van der Waals surface area contributed by atoms with Crippen LogP contribution in [0.25, 0.3) is 0 Å². The monoisotopic (exact) mass is 375 g/mol. The fourth-order valence-corrected chi connectivity index (χ4v) is 3.67. The average molecular weight is 375 g/mol. The third-order valence-electron chi connectivity index (χ3n) is 4.51. The van der Waals surface area contributed by atoms with Gasteiger partial charge in [-0.25, -0.2) is 18.5 Å². The standard InChI is InChI=1S/C18H25N5O2S/c1-13-12-17(23-18(21-13)22-15-4-2-3-5-15)20-11-10-14-6-8-16(9-7-14)26(19,24)25/h6-9,12,15H,2-5,10-11H2,1H3,(H2,19,24,25)(H2,20,21,22,23). The minimum absolute atomic E-state index is 0.128. The first kappa shape index (κ1) is 18.6. The molecule has 1 aliphatic rings. The molecule has 1 aliphatic carbocycles. The van der Waals surface area contributed by atoms with Crippen molar-refractivity contribution in [2.24, 2.45) is 5.14 Å². The van der Waals surface area contributed by atoms with E-state index in [9.17, 15) is 8.42 Å². The topological polar surface area (TPSA) is 110 Å². The first-order chi connectivity index (χ1) is 12.4. The average Bonchev–Trinajstić information content (AvgIpc) is 3.07. The van der Waals surface area contributed by atoms with E-state index in [1.807, 2.05) is 13.0 Å². The second-order valence-corrected chi connectivity index (χ2v) is 8.27. The van der Waals surface area contributed by atoms with Crippen LogP contribution in [-0.4, -0.2) is 31.0 Å². The Morgan fingerprint density at radius 1 is 1.15 bits per heavy atom. The molecule has 7 nitrogen and oxygen atoms in total. The van der Waals surface area contributed by atoms with Crippen molar-refractivity contribution < 1.29 is 8.42 Å².